The van der Waals surface area contributed by atoms with Crippen molar-refractivity contribution in [1.82, 2.24) is 0 Å². The van der Waals surface area contributed by atoms with Gasteiger partial charge >= 0.3 is 0 Å². The summed E-state index contributed by atoms with van der Waals surface area (Å²) in [6.45, 7) is 1.99. The van der Waals surface area contributed by atoms with Gasteiger partial charge in [-0.2, -0.15) is 0 Å². The van der Waals surface area contributed by atoms with Crippen molar-refractivity contribution in [2.45, 2.75) is 32.2 Å². The lowest BCUT2D eigenvalue weighted by Crippen LogP contribution is -2.32. The van der Waals surface area contributed by atoms with Crippen molar-refractivity contribution in [1.29, 1.82) is 0 Å². The SMILES string of the molecule is COc1ccc(CC(=O)[C@@H](N)CCCN)cc1C(C)=O. The Morgan fingerprint density at radius 1 is 1.35 bits per heavy atom. The lowest BCUT2D eigenvalue weighted by atomic mass is 9.98. The van der Waals surface area contributed by atoms with Crippen molar-refractivity contribution in [3.8, 4) is 5.75 Å². The summed E-state index contributed by atoms with van der Waals surface area (Å²) in [4.78, 5) is 23.5. The van der Waals surface area contributed by atoms with Gasteiger partial charge in [-0.1, -0.05) is 6.07 Å². The molecule has 0 spiro atoms. The predicted octanol–water partition coefficient (Wildman–Crippen LogP) is 1.08. The largest absolute Gasteiger partial charge is 0.496 e. The molecule has 1 rings (SSSR count). The van der Waals surface area contributed by atoms with E-state index in [1.807, 2.05) is 0 Å². The van der Waals surface area contributed by atoms with Crippen molar-refractivity contribution in [3.05, 3.63) is 29.3 Å². The Morgan fingerprint density at radius 2 is 2.05 bits per heavy atom. The number of rotatable bonds is 8. The lowest BCUT2D eigenvalue weighted by Gasteiger charge is -2.11. The number of benzene rings is 1. The predicted molar refractivity (Wildman–Crippen MR) is 78.0 cm³/mol. The summed E-state index contributed by atoms with van der Waals surface area (Å²) < 4.78 is 5.12. The van der Waals surface area contributed by atoms with Crippen molar-refractivity contribution >= 4 is 11.6 Å². The summed E-state index contributed by atoms with van der Waals surface area (Å²) >= 11 is 0. The number of carbonyl (C=O) groups is 2. The number of carbonyl (C=O) groups excluding carboxylic acids is 2. The maximum absolute atomic E-state index is 12.0. The number of hydrogen-bond donors (Lipinski definition) is 2. The summed E-state index contributed by atoms with van der Waals surface area (Å²) in [6, 6.07) is 4.67. The molecular formula is C15H22N2O3. The zero-order valence-corrected chi connectivity index (χ0v) is 12.0. The molecule has 0 aliphatic heterocycles. The molecule has 0 aliphatic carbocycles. The Labute approximate surface area is 119 Å². The van der Waals surface area contributed by atoms with Crippen LogP contribution in [-0.2, 0) is 11.2 Å². The van der Waals surface area contributed by atoms with Crippen LogP contribution < -0.4 is 16.2 Å². The fourth-order valence-corrected chi connectivity index (χ4v) is 1.97. The van der Waals surface area contributed by atoms with Gasteiger partial charge in [-0.3, -0.25) is 9.59 Å². The van der Waals surface area contributed by atoms with Crippen LogP contribution in [0.5, 0.6) is 5.75 Å². The van der Waals surface area contributed by atoms with Gasteiger partial charge in [-0.15, -0.1) is 0 Å². The number of nitrogens with two attached hydrogens (primary N) is 2. The van der Waals surface area contributed by atoms with Gasteiger partial charge in [0.1, 0.15) is 5.75 Å². The fourth-order valence-electron chi connectivity index (χ4n) is 1.97. The quantitative estimate of drug-likeness (QED) is 0.694. The van der Waals surface area contributed by atoms with Crippen molar-refractivity contribution in [2.75, 3.05) is 13.7 Å². The first-order chi connectivity index (χ1) is 9.49. The molecule has 1 aromatic rings. The van der Waals surface area contributed by atoms with E-state index in [0.29, 0.717) is 24.3 Å². The molecule has 20 heavy (non-hydrogen) atoms. The van der Waals surface area contributed by atoms with Crippen molar-refractivity contribution in [3.63, 3.8) is 0 Å². The molecule has 0 saturated heterocycles. The molecule has 0 unspecified atom stereocenters. The minimum absolute atomic E-state index is 0.0434. The molecule has 0 heterocycles. The van der Waals surface area contributed by atoms with E-state index in [1.54, 1.807) is 18.2 Å². The summed E-state index contributed by atoms with van der Waals surface area (Å²) in [7, 11) is 1.51. The molecule has 0 radical (unpaired) electrons. The summed E-state index contributed by atoms with van der Waals surface area (Å²) in [5, 5.41) is 0. The molecule has 0 aromatic heterocycles. The average Bonchev–Trinajstić information content (AvgIpc) is 2.44. The molecular weight excluding hydrogens is 256 g/mol. The van der Waals surface area contributed by atoms with Gasteiger partial charge < -0.3 is 16.2 Å². The van der Waals surface area contributed by atoms with Crippen LogP contribution in [0.15, 0.2) is 18.2 Å². The molecule has 5 heteroatoms. The van der Waals surface area contributed by atoms with Gasteiger partial charge in [0.05, 0.1) is 18.7 Å². The normalized spacial score (nSPS) is 12.0. The van der Waals surface area contributed by atoms with Gasteiger partial charge in [0.25, 0.3) is 0 Å². The fraction of sp³-hybridized carbons (Fsp3) is 0.467. The second kappa shape index (κ2) is 7.77. The van der Waals surface area contributed by atoms with Gasteiger partial charge in [0, 0.05) is 6.42 Å². The van der Waals surface area contributed by atoms with Crippen LogP contribution >= 0.6 is 0 Å². The second-order valence-electron chi connectivity index (χ2n) is 4.77. The first-order valence-electron chi connectivity index (χ1n) is 6.65. The third-order valence-electron chi connectivity index (χ3n) is 3.15. The van der Waals surface area contributed by atoms with Crippen molar-refractivity contribution in [2.24, 2.45) is 11.5 Å². The van der Waals surface area contributed by atoms with Crippen molar-refractivity contribution < 1.29 is 14.3 Å². The molecule has 1 atom stereocenters. The highest BCUT2D eigenvalue weighted by Crippen LogP contribution is 2.21. The summed E-state index contributed by atoms with van der Waals surface area (Å²) in [5.41, 5.74) is 12.5. The number of methoxy groups -OCH3 is 1. The second-order valence-corrected chi connectivity index (χ2v) is 4.77. The van der Waals surface area contributed by atoms with Gasteiger partial charge in [0.2, 0.25) is 0 Å². The highest BCUT2D eigenvalue weighted by Gasteiger charge is 2.15. The van der Waals surface area contributed by atoms with E-state index in [9.17, 15) is 9.59 Å². The average molecular weight is 278 g/mol. The summed E-state index contributed by atoms with van der Waals surface area (Å²) in [6.07, 6.45) is 1.54. The van der Waals surface area contributed by atoms with Gasteiger partial charge in [0.15, 0.2) is 11.6 Å². The molecule has 0 aliphatic rings. The van der Waals surface area contributed by atoms with Crippen LogP contribution in [0, 0.1) is 0 Å². The molecule has 0 amide bonds. The molecule has 110 valence electrons. The smallest absolute Gasteiger partial charge is 0.163 e. The number of Topliss-reactive ketones (excluding diaryl/α,β-unsaturated/α-hetero) is 2. The van der Waals surface area contributed by atoms with Crippen LogP contribution in [-0.4, -0.2) is 31.3 Å². The third kappa shape index (κ3) is 4.43. The zero-order valence-electron chi connectivity index (χ0n) is 12.0. The minimum Gasteiger partial charge on any atom is -0.496 e. The zero-order chi connectivity index (χ0) is 15.1. The van der Waals surface area contributed by atoms with E-state index in [-0.39, 0.29) is 18.0 Å². The van der Waals surface area contributed by atoms with Gasteiger partial charge in [-0.05, 0) is 44.0 Å². The van der Waals surface area contributed by atoms with Crippen LogP contribution in [0.3, 0.4) is 0 Å². The monoisotopic (exact) mass is 278 g/mol. The number of ketones is 2. The number of hydrogen-bond acceptors (Lipinski definition) is 5. The molecule has 1 aromatic carbocycles. The minimum atomic E-state index is -0.499. The molecule has 5 nitrogen and oxygen atoms in total. The summed E-state index contributed by atoms with van der Waals surface area (Å²) in [5.74, 6) is 0.378. The molecule has 4 N–H and O–H groups in total. The standard InChI is InChI=1S/C15H22N2O3/c1-10(18)12-8-11(5-6-15(12)20-2)9-14(19)13(17)4-3-7-16/h5-6,8,13H,3-4,7,9,16-17H2,1-2H3/t13-/m0/s1. The van der Waals surface area contributed by atoms with Crippen LogP contribution in [0.1, 0.15) is 35.7 Å². The topological polar surface area (TPSA) is 95.4 Å². The Hall–Kier alpha value is -1.72. The van der Waals surface area contributed by atoms with E-state index < -0.39 is 6.04 Å². The van der Waals surface area contributed by atoms with E-state index in [4.69, 9.17) is 16.2 Å². The highest BCUT2D eigenvalue weighted by molar-refractivity contribution is 5.97. The van der Waals surface area contributed by atoms with E-state index in [2.05, 4.69) is 0 Å². The Bertz CT molecular complexity index is 486. The maximum Gasteiger partial charge on any atom is 0.163 e. The molecule has 0 bridgehead atoms. The first kappa shape index (κ1) is 16.3. The van der Waals surface area contributed by atoms with Gasteiger partial charge in [-0.25, -0.2) is 0 Å². The van der Waals surface area contributed by atoms with Crippen LogP contribution in [0.25, 0.3) is 0 Å². The Morgan fingerprint density at radius 3 is 2.60 bits per heavy atom. The van der Waals surface area contributed by atoms with E-state index in [0.717, 1.165) is 12.0 Å². The number of ether oxygens (including phenoxy) is 1. The van der Waals surface area contributed by atoms with Crippen LogP contribution in [0.4, 0.5) is 0 Å². The molecule has 0 saturated carbocycles. The van der Waals surface area contributed by atoms with Crippen LogP contribution in [0.2, 0.25) is 0 Å². The lowest BCUT2D eigenvalue weighted by molar-refractivity contribution is -0.119. The maximum atomic E-state index is 12.0. The molecule has 0 fully saturated rings. The Kier molecular flexibility index (Phi) is 6.35. The van der Waals surface area contributed by atoms with E-state index >= 15 is 0 Å². The third-order valence-corrected chi connectivity index (χ3v) is 3.15. The van der Waals surface area contributed by atoms with E-state index in [1.165, 1.54) is 14.0 Å². The highest BCUT2D eigenvalue weighted by atomic mass is 16.5. The Balaban J connectivity index is 2.80. The first-order valence-corrected chi connectivity index (χ1v) is 6.65.